The minimum atomic E-state index is -4.18. The number of carboxylic acids is 1. The van der Waals surface area contributed by atoms with E-state index < -0.39 is 22.7 Å². The van der Waals surface area contributed by atoms with Crippen LogP contribution in [0.2, 0.25) is 5.02 Å². The number of aromatic nitrogens is 1. The van der Waals surface area contributed by atoms with Crippen molar-refractivity contribution in [2.45, 2.75) is 33.9 Å². The van der Waals surface area contributed by atoms with Crippen LogP contribution >= 0.6 is 11.6 Å². The molecule has 4 rings (SSSR count). The van der Waals surface area contributed by atoms with Crippen LogP contribution in [0.25, 0.3) is 11.5 Å². The van der Waals surface area contributed by atoms with Gasteiger partial charge in [-0.15, -0.1) is 0 Å². The van der Waals surface area contributed by atoms with Gasteiger partial charge in [0.2, 0.25) is 5.89 Å². The lowest BCUT2D eigenvalue weighted by molar-refractivity contribution is -0.137. The van der Waals surface area contributed by atoms with Crippen LogP contribution in [0, 0.1) is 20.8 Å². The van der Waals surface area contributed by atoms with Gasteiger partial charge in [0.15, 0.2) is 0 Å². The highest BCUT2D eigenvalue weighted by atomic mass is 35.5. The third-order valence-corrected chi connectivity index (χ3v) is 7.58. The predicted octanol–water partition coefficient (Wildman–Crippen LogP) is 5.74. The summed E-state index contributed by atoms with van der Waals surface area (Å²) < 4.78 is 41.0. The molecule has 0 spiro atoms. The average molecular weight is 570 g/mol. The molecule has 0 aliphatic rings. The van der Waals surface area contributed by atoms with Gasteiger partial charge in [-0.2, -0.15) is 12.7 Å². The van der Waals surface area contributed by atoms with Crippen LogP contribution in [0.15, 0.2) is 71.1 Å². The quantitative estimate of drug-likeness (QED) is 0.236. The van der Waals surface area contributed by atoms with Gasteiger partial charge in [-0.1, -0.05) is 41.4 Å². The van der Waals surface area contributed by atoms with Crippen LogP contribution in [-0.2, 0) is 28.2 Å². The Hall–Kier alpha value is -3.86. The second-order valence-electron chi connectivity index (χ2n) is 9.05. The van der Waals surface area contributed by atoms with E-state index in [2.05, 4.69) is 9.71 Å². The van der Waals surface area contributed by atoms with E-state index in [1.54, 1.807) is 43.3 Å². The van der Waals surface area contributed by atoms with Gasteiger partial charge < -0.3 is 14.3 Å². The first-order valence-electron chi connectivity index (χ1n) is 12.0. The zero-order valence-electron chi connectivity index (χ0n) is 21.6. The number of hydrogen-bond donors (Lipinski definition) is 2. The van der Waals surface area contributed by atoms with Gasteiger partial charge in [-0.25, -0.2) is 4.98 Å². The molecule has 11 heteroatoms. The maximum atomic E-state index is 13.0. The second-order valence-corrected chi connectivity index (χ2v) is 11.2. The molecule has 3 aromatic carbocycles. The fourth-order valence-electron chi connectivity index (χ4n) is 3.75. The van der Waals surface area contributed by atoms with E-state index in [1.807, 2.05) is 38.1 Å². The number of oxazole rings is 1. The Bertz CT molecular complexity index is 1570. The van der Waals surface area contributed by atoms with Crippen molar-refractivity contribution in [2.75, 3.05) is 11.3 Å². The zero-order valence-corrected chi connectivity index (χ0v) is 23.2. The second kappa shape index (κ2) is 11.9. The van der Waals surface area contributed by atoms with Crippen molar-refractivity contribution in [3.63, 3.8) is 0 Å². The summed E-state index contributed by atoms with van der Waals surface area (Å²) in [5, 5.41) is 9.79. The molecular weight excluding hydrogens is 542 g/mol. The van der Waals surface area contributed by atoms with Crippen molar-refractivity contribution in [2.24, 2.45) is 0 Å². The van der Waals surface area contributed by atoms with E-state index in [0.717, 1.165) is 15.4 Å². The number of carboxylic acid groups (broad SMARTS) is 1. The summed E-state index contributed by atoms with van der Waals surface area (Å²) >= 11 is 5.95. The highest BCUT2D eigenvalue weighted by molar-refractivity contribution is 7.90. The summed E-state index contributed by atoms with van der Waals surface area (Å²) in [7, 11) is -4.18. The Kier molecular flexibility index (Phi) is 8.59. The molecule has 0 atom stereocenters. The van der Waals surface area contributed by atoms with Crippen molar-refractivity contribution in [3.8, 4) is 17.2 Å². The molecule has 0 amide bonds. The lowest BCUT2D eigenvalue weighted by Crippen LogP contribution is -2.39. The highest BCUT2D eigenvalue weighted by Gasteiger charge is 2.25. The molecule has 204 valence electrons. The number of anilines is 1. The summed E-state index contributed by atoms with van der Waals surface area (Å²) in [6, 6.07) is 19.3. The number of carbonyl (C=O) groups is 1. The zero-order chi connectivity index (χ0) is 28.2. The third-order valence-electron chi connectivity index (χ3n) is 5.93. The highest BCUT2D eigenvalue weighted by Crippen LogP contribution is 2.25. The molecule has 1 heterocycles. The summed E-state index contributed by atoms with van der Waals surface area (Å²) in [5.41, 5.74) is 4.19. The van der Waals surface area contributed by atoms with Crippen LogP contribution in [0.5, 0.6) is 5.75 Å². The van der Waals surface area contributed by atoms with Gasteiger partial charge in [-0.05, 0) is 74.4 Å². The molecular formula is C28H28ClN3O6S. The molecule has 0 saturated carbocycles. The number of aryl methyl sites for hydroxylation is 3. The molecule has 39 heavy (non-hydrogen) atoms. The number of nitrogens with one attached hydrogen (secondary N) is 1. The lowest BCUT2D eigenvalue weighted by Gasteiger charge is -2.22. The van der Waals surface area contributed by atoms with Crippen LogP contribution in [0.4, 0.5) is 5.69 Å². The fraction of sp³-hybridized carbons (Fsp3) is 0.214. The van der Waals surface area contributed by atoms with Gasteiger partial charge in [0.1, 0.15) is 30.4 Å². The van der Waals surface area contributed by atoms with Gasteiger partial charge >= 0.3 is 16.2 Å². The summed E-state index contributed by atoms with van der Waals surface area (Å²) in [5.74, 6) is 0.436. The topological polar surface area (TPSA) is 122 Å². The van der Waals surface area contributed by atoms with Crippen molar-refractivity contribution >= 4 is 33.5 Å². The Morgan fingerprint density at radius 2 is 1.74 bits per heavy atom. The lowest BCUT2D eigenvalue weighted by atomic mass is 10.1. The Morgan fingerprint density at radius 1 is 1.05 bits per heavy atom. The van der Waals surface area contributed by atoms with E-state index in [9.17, 15) is 18.3 Å². The normalized spacial score (nSPS) is 11.5. The van der Waals surface area contributed by atoms with E-state index >= 15 is 0 Å². The molecule has 0 aliphatic carbocycles. The molecule has 9 nitrogen and oxygen atoms in total. The largest absolute Gasteiger partial charge is 0.487 e. The van der Waals surface area contributed by atoms with Crippen LogP contribution < -0.4 is 9.46 Å². The van der Waals surface area contributed by atoms with Crippen LogP contribution in [-0.4, -0.2) is 35.3 Å². The molecule has 1 aromatic heterocycles. The first kappa shape index (κ1) is 28.2. The number of ether oxygens (including phenoxy) is 1. The number of halogens is 1. The van der Waals surface area contributed by atoms with Gasteiger partial charge in [0.25, 0.3) is 0 Å². The number of benzene rings is 3. The molecule has 2 N–H and O–H groups in total. The third kappa shape index (κ3) is 7.38. The van der Waals surface area contributed by atoms with E-state index in [1.165, 1.54) is 6.07 Å². The summed E-state index contributed by atoms with van der Waals surface area (Å²) in [6.07, 6.45) is 0. The summed E-state index contributed by atoms with van der Waals surface area (Å²) in [6.45, 7) is 4.85. The Labute approximate surface area is 232 Å². The van der Waals surface area contributed by atoms with Gasteiger partial charge in [-0.3, -0.25) is 9.52 Å². The molecule has 0 fully saturated rings. The summed E-state index contributed by atoms with van der Waals surface area (Å²) in [4.78, 5) is 16.0. The first-order valence-corrected chi connectivity index (χ1v) is 13.8. The van der Waals surface area contributed by atoms with E-state index in [4.69, 9.17) is 20.8 Å². The minimum Gasteiger partial charge on any atom is -0.487 e. The van der Waals surface area contributed by atoms with E-state index in [-0.39, 0.29) is 13.2 Å². The number of rotatable bonds is 11. The molecule has 0 radical (unpaired) electrons. The number of hydrogen-bond acceptors (Lipinski definition) is 6. The molecule has 0 bridgehead atoms. The maximum Gasteiger partial charge on any atom is 0.318 e. The van der Waals surface area contributed by atoms with Crippen molar-refractivity contribution < 1.29 is 27.5 Å². The molecule has 0 saturated heterocycles. The standard InChI is InChI=1S/C28H28ClN3O6S/c1-18-4-8-22(9-5-18)28-30-26(20(3)38-28)17-37-24-11-6-21(7-12-24)15-32(16-27(33)34)39(35,36)31-25-13-10-23(29)14-19(25)2/h4-14,31H,15-17H2,1-3H3,(H,33,34). The smallest absolute Gasteiger partial charge is 0.318 e. The average Bonchev–Trinajstić information content (AvgIpc) is 3.25. The van der Waals surface area contributed by atoms with Gasteiger partial charge in [0.05, 0.1) is 5.69 Å². The molecule has 4 aromatic rings. The van der Waals surface area contributed by atoms with Gasteiger partial charge in [0, 0.05) is 17.1 Å². The Balaban J connectivity index is 1.42. The van der Waals surface area contributed by atoms with Crippen molar-refractivity contribution in [1.29, 1.82) is 0 Å². The van der Waals surface area contributed by atoms with Crippen LogP contribution in [0.1, 0.15) is 28.1 Å². The van der Waals surface area contributed by atoms with Crippen molar-refractivity contribution in [1.82, 2.24) is 9.29 Å². The number of aliphatic carboxylic acids is 1. The van der Waals surface area contributed by atoms with Crippen LogP contribution in [0.3, 0.4) is 0 Å². The monoisotopic (exact) mass is 569 g/mol. The predicted molar refractivity (Wildman–Crippen MR) is 149 cm³/mol. The Morgan fingerprint density at radius 3 is 2.38 bits per heavy atom. The molecule has 0 unspecified atom stereocenters. The first-order chi connectivity index (χ1) is 18.5. The fourth-order valence-corrected chi connectivity index (χ4v) is 5.21. The number of nitrogens with zero attached hydrogens (tertiary/aromatic N) is 2. The SMILES string of the molecule is Cc1ccc(-c2nc(COc3ccc(CN(CC(=O)O)S(=O)(=O)Nc4ccc(Cl)cc4C)cc3)c(C)o2)cc1. The maximum absolute atomic E-state index is 13.0. The van der Waals surface area contributed by atoms with E-state index in [0.29, 0.717) is 44.9 Å². The minimum absolute atomic E-state index is 0.156. The molecule has 0 aliphatic heterocycles. The van der Waals surface area contributed by atoms with Crippen molar-refractivity contribution in [3.05, 3.63) is 99.9 Å².